The molecule has 2 N–H and O–H groups in total. The average molecular weight is 268 g/mol. The van der Waals surface area contributed by atoms with Gasteiger partial charge < -0.3 is 10.2 Å². The molecule has 1 aliphatic rings. The molecule has 0 heterocycles. The lowest BCUT2D eigenvalue weighted by molar-refractivity contribution is -0.0921. The lowest BCUT2D eigenvalue weighted by atomic mass is 9.82. The Morgan fingerprint density at radius 3 is 2.72 bits per heavy atom. The molecule has 1 aliphatic carbocycles. The highest BCUT2D eigenvalue weighted by Crippen LogP contribution is 2.28. The normalized spacial score (nSPS) is 28.7. The first kappa shape index (κ1) is 13.5. The zero-order chi connectivity index (χ0) is 13.0. The molecule has 4 heteroatoms. The van der Waals surface area contributed by atoms with Crippen molar-refractivity contribution in [2.75, 3.05) is 6.54 Å². The smallest absolute Gasteiger partial charge is 0.110 e. The van der Waals surface area contributed by atoms with Crippen molar-refractivity contribution in [3.63, 3.8) is 0 Å². The van der Waals surface area contributed by atoms with Crippen molar-refractivity contribution in [1.29, 1.82) is 0 Å². The molecular weight excluding hydrogens is 250 g/mol. The fourth-order valence-electron chi connectivity index (χ4n) is 2.25. The van der Waals surface area contributed by atoms with Crippen molar-refractivity contribution >= 4 is 17.8 Å². The summed E-state index contributed by atoms with van der Waals surface area (Å²) in [5.74, 6) is 0. The van der Waals surface area contributed by atoms with Gasteiger partial charge >= 0.3 is 0 Å². The summed E-state index contributed by atoms with van der Waals surface area (Å²) < 4.78 is 0. The van der Waals surface area contributed by atoms with Crippen LogP contribution in [0.2, 0.25) is 5.02 Å². The molecule has 0 spiro atoms. The van der Waals surface area contributed by atoms with Crippen LogP contribution in [0.5, 0.6) is 0 Å². The Morgan fingerprint density at radius 1 is 1.33 bits per heavy atom. The first-order chi connectivity index (χ1) is 8.60. The van der Waals surface area contributed by atoms with E-state index in [1.807, 2.05) is 12.1 Å². The van der Waals surface area contributed by atoms with Crippen molar-refractivity contribution in [3.8, 4) is 0 Å². The predicted octanol–water partition coefficient (Wildman–Crippen LogP) is 2.42. The van der Waals surface area contributed by atoms with E-state index in [0.717, 1.165) is 18.4 Å². The second-order valence-corrected chi connectivity index (χ2v) is 5.32. The summed E-state index contributed by atoms with van der Waals surface area (Å²) in [6.45, 7) is 0.247. The minimum Gasteiger partial charge on any atom is -0.390 e. The van der Waals surface area contributed by atoms with E-state index >= 15 is 0 Å². The predicted molar refractivity (Wildman–Crippen MR) is 73.3 cm³/mol. The van der Waals surface area contributed by atoms with Crippen molar-refractivity contribution in [2.24, 2.45) is 4.99 Å². The molecule has 0 amide bonds. The summed E-state index contributed by atoms with van der Waals surface area (Å²) in [7, 11) is 0. The third kappa shape index (κ3) is 3.31. The summed E-state index contributed by atoms with van der Waals surface area (Å²) in [4.78, 5) is 4.24. The zero-order valence-electron chi connectivity index (χ0n) is 10.2. The van der Waals surface area contributed by atoms with Crippen LogP contribution >= 0.6 is 11.6 Å². The second-order valence-electron chi connectivity index (χ2n) is 4.89. The van der Waals surface area contributed by atoms with Gasteiger partial charge in [0.05, 0.1) is 12.6 Å². The lowest BCUT2D eigenvalue weighted by Crippen LogP contribution is -2.47. The van der Waals surface area contributed by atoms with Gasteiger partial charge in [0.1, 0.15) is 5.60 Å². The summed E-state index contributed by atoms with van der Waals surface area (Å²) in [6.07, 6.45) is 4.25. The molecule has 1 fully saturated rings. The van der Waals surface area contributed by atoms with Crippen LogP contribution in [0.3, 0.4) is 0 Å². The van der Waals surface area contributed by atoms with E-state index < -0.39 is 11.7 Å². The maximum atomic E-state index is 10.3. The van der Waals surface area contributed by atoms with Crippen LogP contribution in [0, 0.1) is 0 Å². The van der Waals surface area contributed by atoms with Gasteiger partial charge in [-0.2, -0.15) is 0 Å². The van der Waals surface area contributed by atoms with Gasteiger partial charge in [0, 0.05) is 11.2 Å². The molecule has 18 heavy (non-hydrogen) atoms. The zero-order valence-corrected chi connectivity index (χ0v) is 11.0. The van der Waals surface area contributed by atoms with Crippen molar-refractivity contribution < 1.29 is 10.2 Å². The number of aliphatic imine (C=N–C) groups is 1. The molecule has 1 aromatic rings. The Labute approximate surface area is 112 Å². The highest BCUT2D eigenvalue weighted by atomic mass is 35.5. The fraction of sp³-hybridized carbons (Fsp3) is 0.500. The molecule has 0 radical (unpaired) electrons. The standard InChI is InChI=1S/C14H18ClNO2/c15-12-6-4-11(5-7-12)9-16-10-14(18)8-2-1-3-13(14)17/h4-7,9,13,17-18H,1-3,8,10H2/t13-,14+/m1/s1. The van der Waals surface area contributed by atoms with Crippen molar-refractivity contribution in [1.82, 2.24) is 0 Å². The fourth-order valence-corrected chi connectivity index (χ4v) is 2.37. The van der Waals surface area contributed by atoms with E-state index in [2.05, 4.69) is 4.99 Å². The SMILES string of the molecule is O[C@@H]1CCCC[C@]1(O)CN=Cc1ccc(Cl)cc1. The number of halogens is 1. The third-order valence-corrected chi connectivity index (χ3v) is 3.68. The first-order valence-corrected chi connectivity index (χ1v) is 6.64. The maximum Gasteiger partial charge on any atom is 0.110 e. The summed E-state index contributed by atoms with van der Waals surface area (Å²) in [5, 5.41) is 20.8. The number of aliphatic hydroxyl groups excluding tert-OH is 1. The van der Waals surface area contributed by atoms with Crippen molar-refractivity contribution in [3.05, 3.63) is 34.9 Å². The molecule has 3 nitrogen and oxygen atoms in total. The molecule has 98 valence electrons. The average Bonchev–Trinajstić information content (AvgIpc) is 2.36. The van der Waals surface area contributed by atoms with Crippen LogP contribution in [0.25, 0.3) is 0 Å². The highest BCUT2D eigenvalue weighted by Gasteiger charge is 2.37. The Kier molecular flexibility index (Phi) is 4.38. The lowest BCUT2D eigenvalue weighted by Gasteiger charge is -2.35. The third-order valence-electron chi connectivity index (χ3n) is 3.43. The molecule has 0 unspecified atom stereocenters. The van der Waals surface area contributed by atoms with E-state index in [0.29, 0.717) is 17.9 Å². The number of nitrogens with zero attached hydrogens (tertiary/aromatic N) is 1. The number of hydrogen-bond acceptors (Lipinski definition) is 3. The Bertz CT molecular complexity index is 418. The number of benzene rings is 1. The van der Waals surface area contributed by atoms with Crippen LogP contribution in [0.15, 0.2) is 29.3 Å². The summed E-state index contributed by atoms with van der Waals surface area (Å²) >= 11 is 5.79. The van der Waals surface area contributed by atoms with Gasteiger partial charge in [-0.1, -0.05) is 36.6 Å². The van der Waals surface area contributed by atoms with E-state index in [1.165, 1.54) is 0 Å². The Hall–Kier alpha value is -0.900. The second kappa shape index (κ2) is 5.83. The quantitative estimate of drug-likeness (QED) is 0.827. The molecule has 1 saturated carbocycles. The number of hydrogen-bond donors (Lipinski definition) is 2. The van der Waals surface area contributed by atoms with E-state index in [-0.39, 0.29) is 6.54 Å². The molecule has 0 aromatic heterocycles. The van der Waals surface area contributed by atoms with Gasteiger partial charge in [0.25, 0.3) is 0 Å². The van der Waals surface area contributed by atoms with Crippen LogP contribution in [-0.2, 0) is 0 Å². The summed E-state index contributed by atoms with van der Waals surface area (Å²) in [6, 6.07) is 7.33. The molecule has 2 rings (SSSR count). The minimum atomic E-state index is -1.05. The molecule has 0 saturated heterocycles. The van der Waals surface area contributed by atoms with Gasteiger partial charge in [0.15, 0.2) is 0 Å². The Morgan fingerprint density at radius 2 is 2.06 bits per heavy atom. The highest BCUT2D eigenvalue weighted by molar-refractivity contribution is 6.30. The molecular formula is C14H18ClNO2. The van der Waals surface area contributed by atoms with Gasteiger partial charge in [-0.25, -0.2) is 0 Å². The maximum absolute atomic E-state index is 10.3. The first-order valence-electron chi connectivity index (χ1n) is 6.26. The van der Waals surface area contributed by atoms with Crippen LogP contribution in [-0.4, -0.2) is 34.7 Å². The van der Waals surface area contributed by atoms with Gasteiger partial charge in [0.2, 0.25) is 0 Å². The van der Waals surface area contributed by atoms with Gasteiger partial charge in [-0.15, -0.1) is 0 Å². The minimum absolute atomic E-state index is 0.247. The van der Waals surface area contributed by atoms with E-state index in [9.17, 15) is 10.2 Å². The topological polar surface area (TPSA) is 52.8 Å². The summed E-state index contributed by atoms with van der Waals surface area (Å²) in [5.41, 5.74) is -0.116. The van der Waals surface area contributed by atoms with Crippen LogP contribution in [0.4, 0.5) is 0 Å². The van der Waals surface area contributed by atoms with Gasteiger partial charge in [-0.3, -0.25) is 4.99 Å². The molecule has 0 aliphatic heterocycles. The largest absolute Gasteiger partial charge is 0.390 e. The van der Waals surface area contributed by atoms with Gasteiger partial charge in [-0.05, 0) is 30.5 Å². The number of rotatable bonds is 3. The van der Waals surface area contributed by atoms with E-state index in [4.69, 9.17) is 11.6 Å². The van der Waals surface area contributed by atoms with E-state index in [1.54, 1.807) is 18.3 Å². The molecule has 1 aromatic carbocycles. The molecule has 0 bridgehead atoms. The number of aliphatic hydroxyl groups is 2. The van der Waals surface area contributed by atoms with Crippen molar-refractivity contribution in [2.45, 2.75) is 37.4 Å². The van der Waals surface area contributed by atoms with Crippen LogP contribution in [0.1, 0.15) is 31.2 Å². The van der Waals surface area contributed by atoms with Crippen LogP contribution < -0.4 is 0 Å². The Balaban J connectivity index is 1.96. The monoisotopic (exact) mass is 267 g/mol. The molecule has 2 atom stereocenters.